The number of rotatable bonds is 5. The Kier molecular flexibility index (Phi) is 4.93. The quantitative estimate of drug-likeness (QED) is 0.829. The number of hydrogen-bond donors (Lipinski definition) is 1. The van der Waals surface area contributed by atoms with Crippen LogP contribution in [0.15, 0.2) is 27.6 Å². The highest BCUT2D eigenvalue weighted by molar-refractivity contribution is 9.10. The van der Waals surface area contributed by atoms with E-state index in [9.17, 15) is 8.42 Å². The Hall–Kier alpha value is -0.630. The number of likely N-dealkylation sites (N-methyl/N-ethyl adjacent to an activating group) is 1. The average Bonchev–Trinajstić information content (AvgIpc) is 2.29. The van der Waals surface area contributed by atoms with E-state index in [0.29, 0.717) is 23.3 Å². The summed E-state index contributed by atoms with van der Waals surface area (Å²) < 4.78 is 31.0. The van der Waals surface area contributed by atoms with Gasteiger partial charge < -0.3 is 10.5 Å². The minimum atomic E-state index is -3.50. The molecular weight excluding hydrogens is 308 g/mol. The van der Waals surface area contributed by atoms with Crippen molar-refractivity contribution in [2.75, 3.05) is 33.0 Å². The zero-order chi connectivity index (χ0) is 13.1. The van der Waals surface area contributed by atoms with Crippen LogP contribution in [0.5, 0.6) is 0 Å². The summed E-state index contributed by atoms with van der Waals surface area (Å²) in [5.74, 6) is 0. The molecule has 2 N–H and O–H groups in total. The van der Waals surface area contributed by atoms with Crippen LogP contribution in [0.1, 0.15) is 0 Å². The van der Waals surface area contributed by atoms with Crippen molar-refractivity contribution in [3.05, 3.63) is 22.7 Å². The van der Waals surface area contributed by atoms with Crippen LogP contribution in [0.4, 0.5) is 5.69 Å². The van der Waals surface area contributed by atoms with Gasteiger partial charge in [-0.25, -0.2) is 8.42 Å². The summed E-state index contributed by atoms with van der Waals surface area (Å²) in [7, 11) is -0.466. The molecule has 0 saturated carbocycles. The van der Waals surface area contributed by atoms with E-state index in [1.807, 2.05) is 0 Å². The first-order valence-electron chi connectivity index (χ1n) is 4.90. The molecule has 1 aromatic rings. The number of hydrogen-bond acceptors (Lipinski definition) is 4. The van der Waals surface area contributed by atoms with Gasteiger partial charge in [-0.1, -0.05) is 0 Å². The number of nitrogen functional groups attached to an aromatic ring is 1. The van der Waals surface area contributed by atoms with Crippen LogP contribution in [0.3, 0.4) is 0 Å². The molecule has 0 fully saturated rings. The van der Waals surface area contributed by atoms with Crippen LogP contribution in [0.2, 0.25) is 0 Å². The smallest absolute Gasteiger partial charge is 0.242 e. The second kappa shape index (κ2) is 5.81. The summed E-state index contributed by atoms with van der Waals surface area (Å²) in [6.45, 7) is 0.649. The molecule has 0 heterocycles. The van der Waals surface area contributed by atoms with Crippen molar-refractivity contribution in [1.29, 1.82) is 0 Å². The van der Waals surface area contributed by atoms with Crippen molar-refractivity contribution in [1.82, 2.24) is 4.31 Å². The number of benzene rings is 1. The lowest BCUT2D eigenvalue weighted by Gasteiger charge is -2.17. The maximum absolute atomic E-state index is 12.1. The van der Waals surface area contributed by atoms with Crippen LogP contribution in [-0.4, -0.2) is 40.0 Å². The van der Waals surface area contributed by atoms with Crippen LogP contribution in [-0.2, 0) is 14.8 Å². The first-order chi connectivity index (χ1) is 7.89. The zero-order valence-corrected chi connectivity index (χ0v) is 12.1. The third-order valence-corrected chi connectivity index (χ3v) is 4.86. The van der Waals surface area contributed by atoms with Gasteiger partial charge in [0, 0.05) is 30.9 Å². The lowest BCUT2D eigenvalue weighted by molar-refractivity contribution is 0.185. The molecule has 0 aliphatic rings. The molecule has 0 saturated heterocycles. The summed E-state index contributed by atoms with van der Waals surface area (Å²) in [6.07, 6.45) is 0. The predicted octanol–water partition coefficient (Wildman–Crippen LogP) is 1.30. The topological polar surface area (TPSA) is 72.6 Å². The molecule has 5 nitrogen and oxygen atoms in total. The summed E-state index contributed by atoms with van der Waals surface area (Å²) >= 11 is 3.22. The van der Waals surface area contributed by atoms with Gasteiger partial charge in [-0.15, -0.1) is 0 Å². The molecule has 0 aromatic heterocycles. The minimum absolute atomic E-state index is 0.178. The van der Waals surface area contributed by atoms with Gasteiger partial charge in [-0.2, -0.15) is 4.31 Å². The molecule has 1 aromatic carbocycles. The van der Waals surface area contributed by atoms with Crippen molar-refractivity contribution < 1.29 is 13.2 Å². The molecule has 7 heteroatoms. The summed E-state index contributed by atoms with van der Waals surface area (Å²) in [4.78, 5) is 0.178. The Balaban J connectivity index is 3.00. The highest BCUT2D eigenvalue weighted by Gasteiger charge is 2.20. The number of methoxy groups -OCH3 is 1. The van der Waals surface area contributed by atoms with Gasteiger partial charge in [0.05, 0.1) is 11.5 Å². The second-order valence-electron chi connectivity index (χ2n) is 3.50. The monoisotopic (exact) mass is 322 g/mol. The molecular formula is C10H15BrN2O3S. The lowest BCUT2D eigenvalue weighted by atomic mass is 10.3. The van der Waals surface area contributed by atoms with Crippen LogP contribution in [0.25, 0.3) is 0 Å². The van der Waals surface area contributed by atoms with Gasteiger partial charge >= 0.3 is 0 Å². The van der Waals surface area contributed by atoms with E-state index in [1.165, 1.54) is 30.6 Å². The summed E-state index contributed by atoms with van der Waals surface area (Å²) in [5, 5.41) is 0. The van der Waals surface area contributed by atoms with Crippen molar-refractivity contribution in [3.8, 4) is 0 Å². The van der Waals surface area contributed by atoms with E-state index in [0.717, 1.165) is 0 Å². The van der Waals surface area contributed by atoms with E-state index in [1.54, 1.807) is 6.07 Å². The van der Waals surface area contributed by atoms with E-state index in [2.05, 4.69) is 15.9 Å². The zero-order valence-electron chi connectivity index (χ0n) is 9.68. The van der Waals surface area contributed by atoms with Gasteiger partial charge in [0.15, 0.2) is 0 Å². The van der Waals surface area contributed by atoms with E-state index in [-0.39, 0.29) is 4.90 Å². The van der Waals surface area contributed by atoms with Gasteiger partial charge in [-0.3, -0.25) is 0 Å². The molecule has 0 unspecified atom stereocenters. The highest BCUT2D eigenvalue weighted by Crippen LogP contribution is 2.24. The third kappa shape index (κ3) is 3.41. The molecule has 0 bridgehead atoms. The van der Waals surface area contributed by atoms with Gasteiger partial charge in [0.1, 0.15) is 0 Å². The Bertz CT molecular complexity index is 490. The molecule has 0 aliphatic heterocycles. The lowest BCUT2D eigenvalue weighted by Crippen LogP contribution is -2.30. The highest BCUT2D eigenvalue weighted by atomic mass is 79.9. The summed E-state index contributed by atoms with van der Waals surface area (Å²) in [5.41, 5.74) is 6.06. The predicted molar refractivity (Wildman–Crippen MR) is 70.2 cm³/mol. The van der Waals surface area contributed by atoms with Crippen molar-refractivity contribution in [3.63, 3.8) is 0 Å². The molecule has 0 radical (unpaired) electrons. The fourth-order valence-corrected chi connectivity index (χ4v) is 2.64. The molecule has 0 aliphatic carbocycles. The first kappa shape index (κ1) is 14.4. The molecule has 1 rings (SSSR count). The number of nitrogens with two attached hydrogens (primary N) is 1. The summed E-state index contributed by atoms with van der Waals surface area (Å²) in [6, 6.07) is 4.56. The Labute approximate surface area is 110 Å². The molecule has 17 heavy (non-hydrogen) atoms. The largest absolute Gasteiger partial charge is 0.398 e. The SMILES string of the molecule is COCCN(C)S(=O)(=O)c1ccc(Br)c(N)c1. The van der Waals surface area contributed by atoms with Crippen LogP contribution >= 0.6 is 15.9 Å². The Morgan fingerprint density at radius 3 is 2.65 bits per heavy atom. The fraction of sp³-hybridized carbons (Fsp3) is 0.400. The van der Waals surface area contributed by atoms with Crippen molar-refractivity contribution in [2.24, 2.45) is 0 Å². The average molecular weight is 323 g/mol. The van der Waals surface area contributed by atoms with Gasteiger partial charge in [0.2, 0.25) is 10.0 Å². The first-order valence-corrected chi connectivity index (χ1v) is 7.13. The van der Waals surface area contributed by atoms with E-state index < -0.39 is 10.0 Å². The second-order valence-corrected chi connectivity index (χ2v) is 6.40. The minimum Gasteiger partial charge on any atom is -0.398 e. The number of anilines is 1. The maximum atomic E-state index is 12.1. The number of nitrogens with zero attached hydrogens (tertiary/aromatic N) is 1. The van der Waals surface area contributed by atoms with Crippen LogP contribution in [0, 0.1) is 0 Å². The molecule has 0 atom stereocenters. The number of halogens is 1. The fourth-order valence-electron chi connectivity index (χ4n) is 1.20. The normalized spacial score (nSPS) is 12.0. The van der Waals surface area contributed by atoms with Crippen LogP contribution < -0.4 is 5.73 Å². The Morgan fingerprint density at radius 1 is 1.47 bits per heavy atom. The molecule has 0 amide bonds. The van der Waals surface area contributed by atoms with Crippen molar-refractivity contribution >= 4 is 31.6 Å². The third-order valence-electron chi connectivity index (χ3n) is 2.29. The van der Waals surface area contributed by atoms with Gasteiger partial charge in [0.25, 0.3) is 0 Å². The molecule has 0 spiro atoms. The maximum Gasteiger partial charge on any atom is 0.242 e. The van der Waals surface area contributed by atoms with E-state index in [4.69, 9.17) is 10.5 Å². The van der Waals surface area contributed by atoms with Crippen molar-refractivity contribution in [2.45, 2.75) is 4.90 Å². The standard InChI is InChI=1S/C10H15BrN2O3S/c1-13(5-6-16-2)17(14,15)8-3-4-9(11)10(12)7-8/h3-4,7H,5-6,12H2,1-2H3. The number of sulfonamides is 1. The number of ether oxygens (including phenoxy) is 1. The van der Waals surface area contributed by atoms with Gasteiger partial charge in [-0.05, 0) is 34.1 Å². The Morgan fingerprint density at radius 2 is 2.12 bits per heavy atom. The molecule has 96 valence electrons. The van der Waals surface area contributed by atoms with E-state index >= 15 is 0 Å².